The van der Waals surface area contributed by atoms with Crippen molar-refractivity contribution in [2.75, 3.05) is 7.11 Å². The van der Waals surface area contributed by atoms with Gasteiger partial charge in [-0.3, -0.25) is 9.89 Å². The summed E-state index contributed by atoms with van der Waals surface area (Å²) in [4.78, 5) is 15.2. The zero-order valence-electron chi connectivity index (χ0n) is 10.9. The van der Waals surface area contributed by atoms with Crippen LogP contribution < -0.4 is 10.1 Å². The molecule has 9 heteroatoms. The van der Waals surface area contributed by atoms with Crippen LogP contribution in [0.3, 0.4) is 0 Å². The number of hydrogen-bond acceptors (Lipinski definition) is 4. The number of hydrogen-bond donors (Lipinski definition) is 2. The van der Waals surface area contributed by atoms with E-state index in [4.69, 9.17) is 0 Å². The number of rotatable bonds is 4. The molecule has 0 aliphatic rings. The number of amides is 1. The van der Waals surface area contributed by atoms with Gasteiger partial charge in [0.05, 0.1) is 12.7 Å². The average molecular weight is 300 g/mol. The Kier molecular flexibility index (Phi) is 4.10. The van der Waals surface area contributed by atoms with Gasteiger partial charge < -0.3 is 10.1 Å². The number of halogens is 3. The predicted octanol–water partition coefficient (Wildman–Crippen LogP) is 1.76. The summed E-state index contributed by atoms with van der Waals surface area (Å²) >= 11 is 0. The molecule has 1 aromatic heterocycles. The maximum atomic E-state index is 12.8. The van der Waals surface area contributed by atoms with Gasteiger partial charge in [-0.25, -0.2) is 4.98 Å². The maximum absolute atomic E-state index is 12.8. The lowest BCUT2D eigenvalue weighted by Crippen LogP contribution is -2.24. The van der Waals surface area contributed by atoms with Crippen LogP contribution in [0.1, 0.15) is 21.7 Å². The first-order valence-electron chi connectivity index (χ1n) is 5.80. The number of nitrogens with one attached hydrogen (secondary N) is 2. The van der Waals surface area contributed by atoms with Gasteiger partial charge in [0, 0.05) is 6.54 Å². The highest BCUT2D eigenvalue weighted by molar-refractivity contribution is 5.90. The Bertz CT molecular complexity index is 626. The third kappa shape index (κ3) is 3.50. The summed E-state index contributed by atoms with van der Waals surface area (Å²) < 4.78 is 43.2. The van der Waals surface area contributed by atoms with Gasteiger partial charge in [-0.2, -0.15) is 13.2 Å². The zero-order chi connectivity index (χ0) is 15.5. The summed E-state index contributed by atoms with van der Waals surface area (Å²) in [6.45, 7) is -0.0829. The van der Waals surface area contributed by atoms with Crippen LogP contribution >= 0.6 is 0 Å². The highest BCUT2D eigenvalue weighted by Gasteiger charge is 2.34. The van der Waals surface area contributed by atoms with E-state index in [9.17, 15) is 18.0 Å². The van der Waals surface area contributed by atoms with Gasteiger partial charge in [0.2, 0.25) is 5.82 Å². The molecule has 0 unspecified atom stereocenters. The van der Waals surface area contributed by atoms with Crippen LogP contribution in [0.5, 0.6) is 5.75 Å². The van der Waals surface area contributed by atoms with Crippen molar-refractivity contribution in [3.63, 3.8) is 0 Å². The average Bonchev–Trinajstić information content (AvgIpc) is 2.97. The van der Waals surface area contributed by atoms with Gasteiger partial charge in [0.15, 0.2) is 0 Å². The Morgan fingerprint density at radius 2 is 2.19 bits per heavy atom. The van der Waals surface area contributed by atoms with Gasteiger partial charge in [0.1, 0.15) is 12.1 Å². The molecule has 0 fully saturated rings. The van der Waals surface area contributed by atoms with Crippen LogP contribution in [-0.2, 0) is 12.7 Å². The molecule has 0 atom stereocenters. The fourth-order valence-electron chi connectivity index (χ4n) is 1.67. The number of benzene rings is 1. The van der Waals surface area contributed by atoms with Gasteiger partial charge in [-0.1, -0.05) is 6.07 Å². The molecule has 0 aliphatic carbocycles. The van der Waals surface area contributed by atoms with Crippen molar-refractivity contribution >= 4 is 5.91 Å². The fourth-order valence-corrected chi connectivity index (χ4v) is 1.67. The molecule has 0 radical (unpaired) electrons. The van der Waals surface area contributed by atoms with Gasteiger partial charge in [0.25, 0.3) is 5.91 Å². The molecule has 0 saturated heterocycles. The maximum Gasteiger partial charge on any atom is 0.419 e. The third-order valence-electron chi connectivity index (χ3n) is 2.64. The Morgan fingerprint density at radius 1 is 1.43 bits per heavy atom. The first-order chi connectivity index (χ1) is 9.91. The summed E-state index contributed by atoms with van der Waals surface area (Å²) in [6.07, 6.45) is -3.31. The first kappa shape index (κ1) is 14.8. The highest BCUT2D eigenvalue weighted by Crippen LogP contribution is 2.36. The van der Waals surface area contributed by atoms with Gasteiger partial charge in [-0.15, -0.1) is 5.10 Å². The second-order valence-electron chi connectivity index (χ2n) is 4.04. The van der Waals surface area contributed by atoms with Crippen LogP contribution in [0.4, 0.5) is 13.2 Å². The van der Waals surface area contributed by atoms with E-state index in [1.807, 2.05) is 0 Å². The van der Waals surface area contributed by atoms with Crippen LogP contribution in [0.2, 0.25) is 0 Å². The number of ether oxygens (including phenoxy) is 1. The van der Waals surface area contributed by atoms with Crippen molar-refractivity contribution in [2.24, 2.45) is 0 Å². The normalized spacial score (nSPS) is 11.2. The molecule has 112 valence electrons. The monoisotopic (exact) mass is 300 g/mol. The van der Waals surface area contributed by atoms with Crippen molar-refractivity contribution in [3.05, 3.63) is 41.5 Å². The molecule has 2 aromatic rings. The molecule has 6 nitrogen and oxygen atoms in total. The SMILES string of the molecule is COc1ccc(CNC(=O)c2nc[nH]n2)cc1C(F)(F)F. The fraction of sp³-hybridized carbons (Fsp3) is 0.250. The number of methoxy groups -OCH3 is 1. The van der Waals surface area contributed by atoms with E-state index < -0.39 is 17.6 Å². The highest BCUT2D eigenvalue weighted by atomic mass is 19.4. The van der Waals surface area contributed by atoms with E-state index in [0.717, 1.165) is 13.2 Å². The molecular weight excluding hydrogens is 289 g/mol. The molecule has 0 spiro atoms. The largest absolute Gasteiger partial charge is 0.496 e. The van der Waals surface area contributed by atoms with E-state index in [0.29, 0.717) is 0 Å². The van der Waals surface area contributed by atoms with Crippen molar-refractivity contribution in [2.45, 2.75) is 12.7 Å². The minimum Gasteiger partial charge on any atom is -0.496 e. The van der Waals surface area contributed by atoms with Gasteiger partial charge in [-0.05, 0) is 17.7 Å². The molecule has 2 N–H and O–H groups in total. The Balaban J connectivity index is 2.12. The number of aromatic nitrogens is 3. The van der Waals surface area contributed by atoms with Crippen LogP contribution in [0, 0.1) is 0 Å². The van der Waals surface area contributed by atoms with E-state index in [-0.39, 0.29) is 23.7 Å². The first-order valence-corrected chi connectivity index (χ1v) is 5.80. The summed E-state index contributed by atoms with van der Waals surface area (Å²) in [5, 5.41) is 8.36. The van der Waals surface area contributed by atoms with E-state index in [1.165, 1.54) is 18.5 Å². The third-order valence-corrected chi connectivity index (χ3v) is 2.64. The summed E-state index contributed by atoms with van der Waals surface area (Å²) in [6, 6.07) is 3.57. The van der Waals surface area contributed by atoms with Crippen molar-refractivity contribution in [1.82, 2.24) is 20.5 Å². The van der Waals surface area contributed by atoms with E-state index in [2.05, 4.69) is 25.2 Å². The standard InChI is InChI=1S/C12H11F3N4O2/c1-21-9-3-2-7(4-8(9)12(13,14)15)5-16-11(20)10-17-6-18-19-10/h2-4,6H,5H2,1H3,(H,16,20)(H,17,18,19). The Hall–Kier alpha value is -2.58. The molecule has 1 heterocycles. The smallest absolute Gasteiger partial charge is 0.419 e. The number of aromatic amines is 1. The molecule has 1 amide bonds. The van der Waals surface area contributed by atoms with Crippen LogP contribution in [-0.4, -0.2) is 28.2 Å². The number of alkyl halides is 3. The molecular formula is C12H11F3N4O2. The predicted molar refractivity (Wildman–Crippen MR) is 65.5 cm³/mol. The topological polar surface area (TPSA) is 79.9 Å². The van der Waals surface area contributed by atoms with Crippen LogP contribution in [0.15, 0.2) is 24.5 Å². The quantitative estimate of drug-likeness (QED) is 0.901. The molecule has 1 aromatic carbocycles. The van der Waals surface area contributed by atoms with Gasteiger partial charge >= 0.3 is 6.18 Å². The Labute approximate surface area is 117 Å². The summed E-state index contributed by atoms with van der Waals surface area (Å²) in [7, 11) is 1.16. The second kappa shape index (κ2) is 5.81. The molecule has 0 aliphatic heterocycles. The second-order valence-corrected chi connectivity index (χ2v) is 4.04. The van der Waals surface area contributed by atoms with E-state index >= 15 is 0 Å². The number of H-pyrrole nitrogens is 1. The number of carbonyl (C=O) groups is 1. The molecule has 0 saturated carbocycles. The summed E-state index contributed by atoms with van der Waals surface area (Å²) in [5.74, 6) is -0.938. The molecule has 0 bridgehead atoms. The lowest BCUT2D eigenvalue weighted by Gasteiger charge is -2.13. The lowest BCUT2D eigenvalue weighted by molar-refractivity contribution is -0.138. The minimum atomic E-state index is -4.53. The van der Waals surface area contributed by atoms with Crippen molar-refractivity contribution in [1.29, 1.82) is 0 Å². The lowest BCUT2D eigenvalue weighted by atomic mass is 10.1. The Morgan fingerprint density at radius 3 is 2.76 bits per heavy atom. The molecule has 21 heavy (non-hydrogen) atoms. The van der Waals surface area contributed by atoms with E-state index in [1.54, 1.807) is 0 Å². The van der Waals surface area contributed by atoms with Crippen molar-refractivity contribution in [3.8, 4) is 5.75 Å². The minimum absolute atomic E-state index is 0.0829. The number of carbonyl (C=O) groups excluding carboxylic acids is 1. The zero-order valence-corrected chi connectivity index (χ0v) is 10.9. The van der Waals surface area contributed by atoms with Crippen molar-refractivity contribution < 1.29 is 22.7 Å². The summed E-state index contributed by atoms with van der Waals surface area (Å²) in [5.41, 5.74) is -0.610. The number of nitrogens with zero attached hydrogens (tertiary/aromatic N) is 2. The van der Waals surface area contributed by atoms with Crippen LogP contribution in [0.25, 0.3) is 0 Å². The molecule has 2 rings (SSSR count).